The van der Waals surface area contributed by atoms with Gasteiger partial charge in [0.15, 0.2) is 6.61 Å². The molecule has 26 heavy (non-hydrogen) atoms. The molecule has 0 saturated heterocycles. The molecule has 0 spiro atoms. The van der Waals surface area contributed by atoms with Crippen LogP contribution in [0.15, 0.2) is 30.3 Å². The van der Waals surface area contributed by atoms with E-state index in [-0.39, 0.29) is 23.6 Å². The molecule has 0 aliphatic heterocycles. The van der Waals surface area contributed by atoms with Crippen molar-refractivity contribution in [2.24, 2.45) is 0 Å². The van der Waals surface area contributed by atoms with Gasteiger partial charge in [0.2, 0.25) is 15.8 Å². The van der Waals surface area contributed by atoms with Crippen molar-refractivity contribution in [3.05, 3.63) is 52.8 Å². The molecule has 1 aromatic carbocycles. The minimum atomic E-state index is -3.45. The number of ether oxygens (including phenoxy) is 1. The lowest BCUT2D eigenvalue weighted by Crippen LogP contribution is -2.15. The number of sulfonamides is 1. The smallest absolute Gasteiger partial charge is 0.338 e. The van der Waals surface area contributed by atoms with Gasteiger partial charge in [-0.05, 0) is 45.0 Å². The van der Waals surface area contributed by atoms with E-state index in [4.69, 9.17) is 4.74 Å². The Balaban J connectivity index is 2.07. The Morgan fingerprint density at radius 2 is 1.88 bits per heavy atom. The summed E-state index contributed by atoms with van der Waals surface area (Å²) in [5, 5.41) is 0. The maximum absolute atomic E-state index is 12.4. The predicted molar refractivity (Wildman–Crippen MR) is 99.1 cm³/mol. The van der Waals surface area contributed by atoms with Crippen LogP contribution in [0.25, 0.3) is 0 Å². The highest BCUT2D eigenvalue weighted by Crippen LogP contribution is 2.17. The summed E-state index contributed by atoms with van der Waals surface area (Å²) < 4.78 is 31.9. The summed E-state index contributed by atoms with van der Waals surface area (Å²) in [5.41, 5.74) is 2.75. The Kier molecular flexibility index (Phi) is 5.86. The van der Waals surface area contributed by atoms with Crippen LogP contribution >= 0.6 is 0 Å². The summed E-state index contributed by atoms with van der Waals surface area (Å²) >= 11 is 0. The molecule has 1 aromatic heterocycles. The van der Waals surface area contributed by atoms with Gasteiger partial charge in [-0.2, -0.15) is 0 Å². The number of carbonyl (C=O) groups is 2. The molecule has 0 aliphatic carbocycles. The molecule has 1 N–H and O–H groups in total. The van der Waals surface area contributed by atoms with Crippen LogP contribution in [0.4, 0.5) is 5.69 Å². The number of aryl methyl sites for hydroxylation is 1. The summed E-state index contributed by atoms with van der Waals surface area (Å²) in [7, 11) is -3.45. The number of esters is 1. The van der Waals surface area contributed by atoms with E-state index in [1.807, 2.05) is 25.3 Å². The van der Waals surface area contributed by atoms with Crippen LogP contribution in [-0.2, 0) is 21.3 Å². The minimum Gasteiger partial charge on any atom is -0.454 e. The van der Waals surface area contributed by atoms with Crippen molar-refractivity contribution >= 4 is 27.5 Å². The average molecular weight is 378 g/mol. The highest BCUT2D eigenvalue weighted by molar-refractivity contribution is 7.92. The summed E-state index contributed by atoms with van der Waals surface area (Å²) in [6.45, 7) is 6.14. The number of rotatable bonds is 7. The quantitative estimate of drug-likeness (QED) is 0.590. The molecule has 0 amide bonds. The third kappa shape index (κ3) is 4.72. The first-order valence-corrected chi connectivity index (χ1v) is 9.96. The van der Waals surface area contributed by atoms with E-state index in [1.54, 1.807) is 6.07 Å². The SMILES string of the molecule is CCn1c(C)cc(C(=O)COC(=O)c2cccc(NS(C)(=O)=O)c2)c1C. The first kappa shape index (κ1) is 19.7. The molecule has 0 atom stereocenters. The molecule has 2 aromatic rings. The normalized spacial score (nSPS) is 11.2. The molecule has 0 radical (unpaired) electrons. The molecular weight excluding hydrogens is 356 g/mol. The summed E-state index contributed by atoms with van der Waals surface area (Å²) in [4.78, 5) is 24.5. The standard InChI is InChI=1S/C18H22N2O5S/c1-5-20-12(2)9-16(13(20)3)17(21)11-25-18(22)14-7-6-8-15(10-14)19-26(4,23)24/h6-10,19H,5,11H2,1-4H3. The van der Waals surface area contributed by atoms with Crippen LogP contribution in [0.3, 0.4) is 0 Å². The van der Waals surface area contributed by atoms with E-state index >= 15 is 0 Å². The molecule has 0 fully saturated rings. The predicted octanol–water partition coefficient (Wildman–Crippen LogP) is 2.54. The van der Waals surface area contributed by atoms with Gasteiger partial charge < -0.3 is 9.30 Å². The molecule has 0 unspecified atom stereocenters. The molecule has 140 valence electrons. The fraction of sp³-hybridized carbons (Fsp3) is 0.333. The van der Waals surface area contributed by atoms with Gasteiger partial charge in [0.25, 0.3) is 0 Å². The van der Waals surface area contributed by atoms with Crippen molar-refractivity contribution in [3.63, 3.8) is 0 Å². The molecule has 7 nitrogen and oxygen atoms in total. The van der Waals surface area contributed by atoms with Crippen LogP contribution in [0.2, 0.25) is 0 Å². The number of Topliss-reactive ketones (excluding diaryl/α,β-unsaturated/α-hetero) is 1. The largest absolute Gasteiger partial charge is 0.454 e. The number of ketones is 1. The van der Waals surface area contributed by atoms with E-state index in [0.29, 0.717) is 5.56 Å². The highest BCUT2D eigenvalue weighted by Gasteiger charge is 2.17. The monoisotopic (exact) mass is 378 g/mol. The Bertz CT molecular complexity index is 944. The zero-order chi connectivity index (χ0) is 19.5. The van der Waals surface area contributed by atoms with Gasteiger partial charge in [0, 0.05) is 29.2 Å². The van der Waals surface area contributed by atoms with Crippen LogP contribution in [-0.4, -0.2) is 37.6 Å². The molecule has 8 heteroatoms. The van der Waals surface area contributed by atoms with Crippen LogP contribution < -0.4 is 4.72 Å². The first-order valence-electron chi connectivity index (χ1n) is 8.07. The lowest BCUT2D eigenvalue weighted by atomic mass is 10.1. The Hall–Kier alpha value is -2.61. The molecule has 1 heterocycles. The van der Waals surface area contributed by atoms with Crippen molar-refractivity contribution in [1.82, 2.24) is 4.57 Å². The second-order valence-electron chi connectivity index (χ2n) is 5.98. The van der Waals surface area contributed by atoms with E-state index in [9.17, 15) is 18.0 Å². The number of nitrogens with zero attached hydrogens (tertiary/aromatic N) is 1. The van der Waals surface area contributed by atoms with Gasteiger partial charge in [0.05, 0.1) is 11.8 Å². The van der Waals surface area contributed by atoms with Crippen LogP contribution in [0, 0.1) is 13.8 Å². The first-order chi connectivity index (χ1) is 12.1. The maximum Gasteiger partial charge on any atom is 0.338 e. The highest BCUT2D eigenvalue weighted by atomic mass is 32.2. The van der Waals surface area contributed by atoms with E-state index in [2.05, 4.69) is 4.72 Å². The fourth-order valence-corrected chi connectivity index (χ4v) is 3.34. The van der Waals surface area contributed by atoms with Crippen molar-refractivity contribution in [1.29, 1.82) is 0 Å². The number of carbonyl (C=O) groups excluding carboxylic acids is 2. The Morgan fingerprint density at radius 3 is 2.46 bits per heavy atom. The topological polar surface area (TPSA) is 94.5 Å². The molecule has 0 aliphatic rings. The molecular formula is C18H22N2O5S. The zero-order valence-electron chi connectivity index (χ0n) is 15.2. The van der Waals surface area contributed by atoms with Gasteiger partial charge in [-0.1, -0.05) is 6.07 Å². The Labute approximate surface area is 153 Å². The second kappa shape index (κ2) is 7.74. The summed E-state index contributed by atoms with van der Waals surface area (Å²) in [6.07, 6.45) is 1.02. The number of benzene rings is 1. The third-order valence-corrected chi connectivity index (χ3v) is 4.53. The molecule has 2 rings (SSSR count). The van der Waals surface area contributed by atoms with Gasteiger partial charge >= 0.3 is 5.97 Å². The van der Waals surface area contributed by atoms with Crippen LogP contribution in [0.1, 0.15) is 39.0 Å². The van der Waals surface area contributed by atoms with Gasteiger partial charge in [0.1, 0.15) is 0 Å². The van der Waals surface area contributed by atoms with Crippen molar-refractivity contribution in [2.75, 3.05) is 17.6 Å². The average Bonchev–Trinajstić information content (AvgIpc) is 2.85. The van der Waals surface area contributed by atoms with E-state index in [1.165, 1.54) is 24.3 Å². The molecule has 0 bridgehead atoms. The summed E-state index contributed by atoms with van der Waals surface area (Å²) in [5.74, 6) is -0.976. The lowest BCUT2D eigenvalue weighted by Gasteiger charge is -2.08. The van der Waals surface area contributed by atoms with Crippen molar-refractivity contribution in [2.45, 2.75) is 27.3 Å². The number of hydrogen-bond donors (Lipinski definition) is 1. The van der Waals surface area contributed by atoms with E-state index < -0.39 is 16.0 Å². The third-order valence-electron chi connectivity index (χ3n) is 3.93. The van der Waals surface area contributed by atoms with Crippen LogP contribution in [0.5, 0.6) is 0 Å². The molecule has 0 saturated carbocycles. The minimum absolute atomic E-state index is 0.158. The van der Waals surface area contributed by atoms with Crippen molar-refractivity contribution < 1.29 is 22.7 Å². The number of hydrogen-bond acceptors (Lipinski definition) is 5. The van der Waals surface area contributed by atoms with Crippen molar-refractivity contribution in [3.8, 4) is 0 Å². The second-order valence-corrected chi connectivity index (χ2v) is 7.73. The lowest BCUT2D eigenvalue weighted by molar-refractivity contribution is 0.0474. The Morgan fingerprint density at radius 1 is 1.19 bits per heavy atom. The fourth-order valence-electron chi connectivity index (χ4n) is 2.79. The van der Waals surface area contributed by atoms with Gasteiger partial charge in [-0.15, -0.1) is 0 Å². The number of aromatic nitrogens is 1. The number of anilines is 1. The number of nitrogens with one attached hydrogen (secondary N) is 1. The maximum atomic E-state index is 12.4. The van der Waals surface area contributed by atoms with Gasteiger partial charge in [-0.3, -0.25) is 9.52 Å². The zero-order valence-corrected chi connectivity index (χ0v) is 16.0. The van der Waals surface area contributed by atoms with E-state index in [0.717, 1.165) is 24.2 Å². The summed E-state index contributed by atoms with van der Waals surface area (Å²) in [6, 6.07) is 7.68. The van der Waals surface area contributed by atoms with Gasteiger partial charge in [-0.25, -0.2) is 13.2 Å².